The van der Waals surface area contributed by atoms with Crippen molar-refractivity contribution < 1.29 is 27.1 Å². The van der Waals surface area contributed by atoms with Crippen LogP contribution in [-0.2, 0) is 10.0 Å². The summed E-state index contributed by atoms with van der Waals surface area (Å²) in [6, 6.07) is 8.68. The summed E-state index contributed by atoms with van der Waals surface area (Å²) in [7, 11) is -4.29. The van der Waals surface area contributed by atoms with Gasteiger partial charge in [-0.1, -0.05) is 0 Å². The van der Waals surface area contributed by atoms with Gasteiger partial charge >= 0.3 is 5.97 Å². The van der Waals surface area contributed by atoms with Gasteiger partial charge in [-0.05, 0) is 42.5 Å². The molecule has 2 aromatic carbocycles. The lowest BCUT2D eigenvalue weighted by Gasteiger charge is -2.10. The zero-order chi connectivity index (χ0) is 18.0. The van der Waals surface area contributed by atoms with Gasteiger partial charge in [0.05, 0.1) is 11.8 Å². The fourth-order valence-corrected chi connectivity index (χ4v) is 3.28. The maximum atomic E-state index is 13.8. The van der Waals surface area contributed by atoms with Crippen molar-refractivity contribution in [3.05, 3.63) is 66.4 Å². The Morgan fingerprint density at radius 3 is 2.48 bits per heavy atom. The van der Waals surface area contributed by atoms with Gasteiger partial charge in [-0.2, -0.15) is 0 Å². The fraction of sp³-hybridized carbons (Fsp3) is 0. The van der Waals surface area contributed by atoms with Gasteiger partial charge in [0.15, 0.2) is 12.2 Å². The number of aromatic carboxylic acids is 1. The van der Waals surface area contributed by atoms with Crippen LogP contribution in [0.25, 0.3) is 11.3 Å². The summed E-state index contributed by atoms with van der Waals surface area (Å²) in [5, 5.41) is 8.92. The number of halogens is 1. The van der Waals surface area contributed by atoms with Crippen molar-refractivity contribution in [2.24, 2.45) is 0 Å². The van der Waals surface area contributed by atoms with Gasteiger partial charge in [-0.25, -0.2) is 22.6 Å². The molecule has 25 heavy (non-hydrogen) atoms. The molecule has 0 saturated heterocycles. The molecular weight excluding hydrogens is 351 g/mol. The van der Waals surface area contributed by atoms with Crippen LogP contribution in [0.2, 0.25) is 0 Å². The van der Waals surface area contributed by atoms with Gasteiger partial charge in [-0.15, -0.1) is 0 Å². The molecule has 0 saturated carbocycles. The Labute approximate surface area is 141 Å². The van der Waals surface area contributed by atoms with Crippen molar-refractivity contribution >= 4 is 21.7 Å². The number of anilines is 1. The van der Waals surface area contributed by atoms with E-state index in [0.717, 1.165) is 18.2 Å². The molecule has 0 fully saturated rings. The van der Waals surface area contributed by atoms with Crippen molar-refractivity contribution in [3.63, 3.8) is 0 Å². The Balaban J connectivity index is 1.89. The quantitative estimate of drug-likeness (QED) is 0.722. The minimum Gasteiger partial charge on any atom is -0.478 e. The number of hydrogen-bond acceptors (Lipinski definition) is 5. The van der Waals surface area contributed by atoms with Crippen molar-refractivity contribution in [3.8, 4) is 11.3 Å². The first-order chi connectivity index (χ1) is 11.9. The number of carboxylic acids is 1. The lowest BCUT2D eigenvalue weighted by atomic mass is 10.2. The highest BCUT2D eigenvalue weighted by Gasteiger charge is 2.21. The number of benzene rings is 2. The molecule has 0 amide bonds. The van der Waals surface area contributed by atoms with E-state index in [0.29, 0.717) is 11.3 Å². The molecular formula is C16H11FN2O5S. The molecule has 1 heterocycles. The van der Waals surface area contributed by atoms with E-state index in [2.05, 4.69) is 9.71 Å². The van der Waals surface area contributed by atoms with E-state index >= 15 is 0 Å². The molecule has 3 aromatic rings. The molecule has 7 nitrogen and oxygen atoms in total. The number of aromatic nitrogens is 1. The van der Waals surface area contributed by atoms with E-state index in [4.69, 9.17) is 9.52 Å². The van der Waals surface area contributed by atoms with Crippen LogP contribution in [0.5, 0.6) is 0 Å². The summed E-state index contributed by atoms with van der Waals surface area (Å²) in [6.07, 6.45) is 2.77. The van der Waals surface area contributed by atoms with Gasteiger partial charge in [-0.3, -0.25) is 4.72 Å². The van der Waals surface area contributed by atoms with Gasteiger partial charge in [0.1, 0.15) is 10.7 Å². The molecule has 9 heteroatoms. The molecule has 0 unspecified atom stereocenters. The highest BCUT2D eigenvalue weighted by atomic mass is 32.2. The van der Waals surface area contributed by atoms with Crippen LogP contribution in [0.1, 0.15) is 10.4 Å². The molecule has 0 aliphatic heterocycles. The first-order valence-electron chi connectivity index (χ1n) is 6.91. The normalized spacial score (nSPS) is 11.2. The van der Waals surface area contributed by atoms with E-state index in [9.17, 15) is 17.6 Å². The number of hydrogen-bond donors (Lipinski definition) is 2. The Kier molecular flexibility index (Phi) is 4.24. The number of carbonyl (C=O) groups is 1. The number of oxazole rings is 1. The molecule has 3 rings (SSSR count). The monoisotopic (exact) mass is 362 g/mol. The van der Waals surface area contributed by atoms with Crippen LogP contribution in [-0.4, -0.2) is 24.5 Å². The van der Waals surface area contributed by atoms with Crippen molar-refractivity contribution in [1.82, 2.24) is 4.98 Å². The molecule has 0 aliphatic carbocycles. The lowest BCUT2D eigenvalue weighted by Crippen LogP contribution is -2.15. The van der Waals surface area contributed by atoms with Crippen molar-refractivity contribution in [2.45, 2.75) is 4.90 Å². The van der Waals surface area contributed by atoms with E-state index in [1.165, 1.54) is 24.7 Å². The van der Waals surface area contributed by atoms with Crippen LogP contribution in [0.4, 0.5) is 10.1 Å². The maximum Gasteiger partial charge on any atom is 0.335 e. The van der Waals surface area contributed by atoms with E-state index < -0.39 is 26.7 Å². The molecule has 0 aliphatic rings. The van der Waals surface area contributed by atoms with Crippen LogP contribution in [0, 0.1) is 5.82 Å². The topological polar surface area (TPSA) is 110 Å². The molecule has 1 aromatic heterocycles. The maximum absolute atomic E-state index is 13.8. The predicted molar refractivity (Wildman–Crippen MR) is 86.1 cm³/mol. The third-order valence-corrected chi connectivity index (χ3v) is 4.72. The summed E-state index contributed by atoms with van der Waals surface area (Å²) >= 11 is 0. The molecule has 2 N–H and O–H groups in total. The SMILES string of the molecule is O=C(O)c1ccc(F)c(S(=O)(=O)Nc2ccc(-c3cnco3)cc2)c1. The summed E-state index contributed by atoms with van der Waals surface area (Å²) < 4.78 is 45.9. The first-order valence-corrected chi connectivity index (χ1v) is 8.40. The number of sulfonamides is 1. The van der Waals surface area contributed by atoms with Gasteiger partial charge < -0.3 is 9.52 Å². The summed E-state index contributed by atoms with van der Waals surface area (Å²) in [6.45, 7) is 0. The van der Waals surface area contributed by atoms with E-state index in [1.807, 2.05) is 0 Å². The third-order valence-electron chi connectivity index (χ3n) is 3.32. The molecule has 128 valence electrons. The van der Waals surface area contributed by atoms with E-state index in [1.54, 1.807) is 12.1 Å². The Morgan fingerprint density at radius 1 is 1.16 bits per heavy atom. The number of rotatable bonds is 5. The standard InChI is InChI=1S/C16H11FN2O5S/c17-13-6-3-11(16(20)21)7-15(13)25(22,23)19-12-4-1-10(2-5-12)14-8-18-9-24-14/h1-9,19H,(H,20,21). The van der Waals surface area contributed by atoms with Crippen molar-refractivity contribution in [2.75, 3.05) is 4.72 Å². The van der Waals surface area contributed by atoms with Crippen LogP contribution in [0.15, 0.2) is 64.4 Å². The van der Waals surface area contributed by atoms with Crippen LogP contribution in [0.3, 0.4) is 0 Å². The average Bonchev–Trinajstić information content (AvgIpc) is 3.09. The second kappa shape index (κ2) is 6.36. The van der Waals surface area contributed by atoms with Crippen LogP contribution < -0.4 is 4.72 Å². The second-order valence-electron chi connectivity index (χ2n) is 5.00. The molecule has 0 atom stereocenters. The predicted octanol–water partition coefficient (Wildman–Crippen LogP) is 2.98. The number of nitrogens with one attached hydrogen (secondary N) is 1. The largest absolute Gasteiger partial charge is 0.478 e. The minimum atomic E-state index is -4.29. The van der Waals surface area contributed by atoms with Gasteiger partial charge in [0.25, 0.3) is 10.0 Å². The lowest BCUT2D eigenvalue weighted by molar-refractivity contribution is 0.0696. The highest BCUT2D eigenvalue weighted by Crippen LogP contribution is 2.24. The number of nitrogens with zero attached hydrogens (tertiary/aromatic N) is 1. The number of carboxylic acid groups (broad SMARTS) is 1. The third kappa shape index (κ3) is 3.50. The van der Waals surface area contributed by atoms with Gasteiger partial charge in [0, 0.05) is 11.3 Å². The minimum absolute atomic E-state index is 0.184. The molecule has 0 radical (unpaired) electrons. The average molecular weight is 362 g/mol. The Bertz CT molecular complexity index is 1020. The highest BCUT2D eigenvalue weighted by molar-refractivity contribution is 7.92. The fourth-order valence-electron chi connectivity index (χ4n) is 2.11. The Hall–Kier alpha value is -3.20. The van der Waals surface area contributed by atoms with Gasteiger partial charge in [0.2, 0.25) is 0 Å². The zero-order valence-corrected chi connectivity index (χ0v) is 13.3. The first kappa shape index (κ1) is 16.7. The Morgan fingerprint density at radius 2 is 1.88 bits per heavy atom. The molecule has 0 spiro atoms. The summed E-state index contributed by atoms with van der Waals surface area (Å²) in [5.41, 5.74) is 0.533. The van der Waals surface area contributed by atoms with E-state index in [-0.39, 0.29) is 11.3 Å². The zero-order valence-electron chi connectivity index (χ0n) is 12.5. The second-order valence-corrected chi connectivity index (χ2v) is 6.65. The molecule has 0 bridgehead atoms. The smallest absolute Gasteiger partial charge is 0.335 e. The summed E-state index contributed by atoms with van der Waals surface area (Å²) in [4.78, 5) is 14.0. The van der Waals surface area contributed by atoms with Crippen molar-refractivity contribution in [1.29, 1.82) is 0 Å². The summed E-state index contributed by atoms with van der Waals surface area (Å²) in [5.74, 6) is -1.89. The van der Waals surface area contributed by atoms with Crippen LogP contribution >= 0.6 is 0 Å².